The van der Waals surface area contributed by atoms with Crippen molar-refractivity contribution in [2.24, 2.45) is 0 Å². The number of thiazole rings is 1. The van der Waals surface area contributed by atoms with Gasteiger partial charge in [0.15, 0.2) is 0 Å². The Morgan fingerprint density at radius 3 is 2.36 bits per heavy atom. The molecule has 1 aliphatic heterocycles. The summed E-state index contributed by atoms with van der Waals surface area (Å²) in [5.74, 6) is 0. The molecule has 0 spiro atoms. The lowest BCUT2D eigenvalue weighted by Crippen LogP contribution is -2.48. The van der Waals surface area contributed by atoms with E-state index in [0.717, 1.165) is 17.2 Å². The Balaban J connectivity index is 1.38. The van der Waals surface area contributed by atoms with Gasteiger partial charge in [-0.05, 0) is 24.6 Å². The summed E-state index contributed by atoms with van der Waals surface area (Å²) in [7, 11) is -3.40. The highest BCUT2D eigenvalue weighted by Crippen LogP contribution is 2.27. The SMILES string of the molecule is Cc1ccccc1-c1nc(CN2CCN(S(=O)(=O)c3ccccc3)CC2)cs1. The summed E-state index contributed by atoms with van der Waals surface area (Å²) in [5.41, 5.74) is 3.45. The summed E-state index contributed by atoms with van der Waals surface area (Å²) in [6.07, 6.45) is 0. The lowest BCUT2D eigenvalue weighted by molar-refractivity contribution is 0.180. The summed E-state index contributed by atoms with van der Waals surface area (Å²) < 4.78 is 27.1. The summed E-state index contributed by atoms with van der Waals surface area (Å²) in [6.45, 7) is 5.29. The van der Waals surface area contributed by atoms with E-state index in [4.69, 9.17) is 4.98 Å². The second kappa shape index (κ2) is 8.13. The van der Waals surface area contributed by atoms with Gasteiger partial charge in [-0.25, -0.2) is 13.4 Å². The topological polar surface area (TPSA) is 53.5 Å². The molecule has 4 rings (SSSR count). The van der Waals surface area contributed by atoms with E-state index >= 15 is 0 Å². The summed E-state index contributed by atoms with van der Waals surface area (Å²) in [6, 6.07) is 16.9. The van der Waals surface area contributed by atoms with E-state index in [1.807, 2.05) is 18.2 Å². The molecule has 0 radical (unpaired) electrons. The molecule has 2 aromatic carbocycles. The third-order valence-electron chi connectivity index (χ3n) is 5.03. The Kier molecular flexibility index (Phi) is 5.59. The Labute approximate surface area is 170 Å². The Bertz CT molecular complexity index is 1040. The number of benzene rings is 2. The van der Waals surface area contributed by atoms with E-state index in [2.05, 4.69) is 29.3 Å². The second-order valence-corrected chi connectivity index (χ2v) is 9.75. The molecule has 5 nitrogen and oxygen atoms in total. The monoisotopic (exact) mass is 413 g/mol. The lowest BCUT2D eigenvalue weighted by Gasteiger charge is -2.33. The number of aromatic nitrogens is 1. The molecule has 7 heteroatoms. The standard InChI is InChI=1S/C21H23N3O2S2/c1-17-7-5-6-10-20(17)21-22-18(16-27-21)15-23-11-13-24(14-12-23)28(25,26)19-8-3-2-4-9-19/h2-10,16H,11-15H2,1H3. The molecular formula is C21H23N3O2S2. The molecule has 0 aliphatic carbocycles. The van der Waals surface area contributed by atoms with Crippen molar-refractivity contribution in [2.75, 3.05) is 26.2 Å². The van der Waals surface area contributed by atoms with Crippen LogP contribution in [0.1, 0.15) is 11.3 Å². The summed E-state index contributed by atoms with van der Waals surface area (Å²) in [4.78, 5) is 7.43. The number of rotatable bonds is 5. The van der Waals surface area contributed by atoms with Crippen LogP contribution < -0.4 is 0 Å². The van der Waals surface area contributed by atoms with Crippen LogP contribution in [0.2, 0.25) is 0 Å². The van der Waals surface area contributed by atoms with Gasteiger partial charge in [0.05, 0.1) is 10.6 Å². The second-order valence-electron chi connectivity index (χ2n) is 6.95. The summed E-state index contributed by atoms with van der Waals surface area (Å²) >= 11 is 1.66. The molecule has 146 valence electrons. The Morgan fingerprint density at radius 1 is 0.964 bits per heavy atom. The molecule has 2 heterocycles. The van der Waals surface area contributed by atoms with E-state index in [1.165, 1.54) is 11.1 Å². The van der Waals surface area contributed by atoms with Crippen molar-refractivity contribution >= 4 is 21.4 Å². The maximum atomic E-state index is 12.7. The van der Waals surface area contributed by atoms with Crippen LogP contribution in [0, 0.1) is 6.92 Å². The molecule has 0 amide bonds. The van der Waals surface area contributed by atoms with Crippen molar-refractivity contribution in [2.45, 2.75) is 18.4 Å². The molecule has 0 atom stereocenters. The van der Waals surface area contributed by atoms with Crippen molar-refractivity contribution in [1.29, 1.82) is 0 Å². The maximum absolute atomic E-state index is 12.7. The Hall–Kier alpha value is -2.06. The quantitative estimate of drug-likeness (QED) is 0.641. The molecule has 1 aliphatic rings. The van der Waals surface area contributed by atoms with Crippen LogP contribution in [0.4, 0.5) is 0 Å². The van der Waals surface area contributed by atoms with Gasteiger partial charge in [0.2, 0.25) is 10.0 Å². The highest BCUT2D eigenvalue weighted by molar-refractivity contribution is 7.89. The number of hydrogen-bond donors (Lipinski definition) is 0. The molecule has 0 saturated carbocycles. The number of hydrogen-bond acceptors (Lipinski definition) is 5. The van der Waals surface area contributed by atoms with E-state index in [0.29, 0.717) is 31.1 Å². The molecule has 0 unspecified atom stereocenters. The van der Waals surface area contributed by atoms with Crippen LogP contribution in [0.25, 0.3) is 10.6 Å². The first-order valence-electron chi connectivity index (χ1n) is 9.32. The zero-order chi connectivity index (χ0) is 19.6. The van der Waals surface area contributed by atoms with Gasteiger partial charge in [-0.1, -0.05) is 42.5 Å². The highest BCUT2D eigenvalue weighted by Gasteiger charge is 2.28. The smallest absolute Gasteiger partial charge is 0.243 e. The first kappa shape index (κ1) is 19.3. The molecule has 3 aromatic rings. The first-order chi connectivity index (χ1) is 13.5. The fourth-order valence-electron chi connectivity index (χ4n) is 3.41. The molecule has 1 saturated heterocycles. The van der Waals surface area contributed by atoms with Crippen LogP contribution >= 0.6 is 11.3 Å². The maximum Gasteiger partial charge on any atom is 0.243 e. The normalized spacial score (nSPS) is 16.3. The van der Waals surface area contributed by atoms with Crippen LogP contribution in [0.15, 0.2) is 64.9 Å². The molecule has 0 bridgehead atoms. The van der Waals surface area contributed by atoms with Crippen molar-refractivity contribution in [3.05, 3.63) is 71.2 Å². The molecule has 0 N–H and O–H groups in total. The van der Waals surface area contributed by atoms with E-state index in [9.17, 15) is 8.42 Å². The van der Waals surface area contributed by atoms with Crippen molar-refractivity contribution in [3.63, 3.8) is 0 Å². The molecular weight excluding hydrogens is 390 g/mol. The zero-order valence-corrected chi connectivity index (χ0v) is 17.4. The Morgan fingerprint density at radius 2 is 1.64 bits per heavy atom. The number of nitrogens with zero attached hydrogens (tertiary/aromatic N) is 3. The number of piperazine rings is 1. The van der Waals surface area contributed by atoms with E-state index in [-0.39, 0.29) is 0 Å². The highest BCUT2D eigenvalue weighted by atomic mass is 32.2. The van der Waals surface area contributed by atoms with Gasteiger partial charge < -0.3 is 0 Å². The fourth-order valence-corrected chi connectivity index (χ4v) is 5.76. The summed E-state index contributed by atoms with van der Waals surface area (Å²) in [5, 5.41) is 3.15. The van der Waals surface area contributed by atoms with E-state index in [1.54, 1.807) is 39.9 Å². The molecule has 1 fully saturated rings. The minimum atomic E-state index is -3.40. The predicted molar refractivity (Wildman–Crippen MR) is 113 cm³/mol. The van der Waals surface area contributed by atoms with Crippen LogP contribution in [-0.4, -0.2) is 48.8 Å². The average Bonchev–Trinajstić information content (AvgIpc) is 3.17. The van der Waals surface area contributed by atoms with Crippen LogP contribution in [-0.2, 0) is 16.6 Å². The van der Waals surface area contributed by atoms with Crippen molar-refractivity contribution in [1.82, 2.24) is 14.2 Å². The van der Waals surface area contributed by atoms with Gasteiger partial charge in [0, 0.05) is 43.7 Å². The largest absolute Gasteiger partial charge is 0.295 e. The number of sulfonamides is 1. The average molecular weight is 414 g/mol. The third-order valence-corrected chi connectivity index (χ3v) is 7.86. The first-order valence-corrected chi connectivity index (χ1v) is 11.6. The fraction of sp³-hybridized carbons (Fsp3) is 0.286. The van der Waals surface area contributed by atoms with Gasteiger partial charge in [-0.2, -0.15) is 4.31 Å². The van der Waals surface area contributed by atoms with E-state index < -0.39 is 10.0 Å². The zero-order valence-electron chi connectivity index (χ0n) is 15.8. The van der Waals surface area contributed by atoms with Crippen LogP contribution in [0.5, 0.6) is 0 Å². The van der Waals surface area contributed by atoms with Gasteiger partial charge in [-0.3, -0.25) is 4.90 Å². The van der Waals surface area contributed by atoms with Crippen LogP contribution in [0.3, 0.4) is 0 Å². The van der Waals surface area contributed by atoms with Gasteiger partial charge in [0.1, 0.15) is 5.01 Å². The minimum Gasteiger partial charge on any atom is -0.295 e. The van der Waals surface area contributed by atoms with Gasteiger partial charge in [0.25, 0.3) is 0 Å². The van der Waals surface area contributed by atoms with Gasteiger partial charge in [-0.15, -0.1) is 11.3 Å². The lowest BCUT2D eigenvalue weighted by atomic mass is 10.1. The van der Waals surface area contributed by atoms with Gasteiger partial charge >= 0.3 is 0 Å². The number of aryl methyl sites for hydroxylation is 1. The van der Waals surface area contributed by atoms with Crippen molar-refractivity contribution < 1.29 is 8.42 Å². The third kappa shape index (κ3) is 4.03. The minimum absolute atomic E-state index is 0.367. The molecule has 28 heavy (non-hydrogen) atoms. The predicted octanol–water partition coefficient (Wildman–Crippen LogP) is 3.63. The van der Waals surface area contributed by atoms with Crippen molar-refractivity contribution in [3.8, 4) is 10.6 Å². The molecule has 1 aromatic heterocycles.